The van der Waals surface area contributed by atoms with Crippen molar-refractivity contribution in [3.8, 4) is 5.75 Å². The van der Waals surface area contributed by atoms with Crippen LogP contribution in [0.25, 0.3) is 0 Å². The smallest absolute Gasteiger partial charge is 0.310 e. The number of rotatable bonds is 2. The Morgan fingerprint density at radius 2 is 2.15 bits per heavy atom. The second-order valence-electron chi connectivity index (χ2n) is 8.47. The molecule has 5 atom stereocenters. The Labute approximate surface area is 160 Å². The number of piperidine rings is 2. The summed E-state index contributed by atoms with van der Waals surface area (Å²) in [4.78, 5) is 18.2. The van der Waals surface area contributed by atoms with Crippen molar-refractivity contribution in [1.29, 1.82) is 0 Å². The summed E-state index contributed by atoms with van der Waals surface area (Å²) in [6, 6.07) is 7.18. The number of nitrogens with zero attached hydrogens (tertiary/aromatic N) is 2. The lowest BCUT2D eigenvalue weighted by molar-refractivity contribution is -0.158. The van der Waals surface area contributed by atoms with Crippen molar-refractivity contribution in [3.05, 3.63) is 35.4 Å². The van der Waals surface area contributed by atoms with Crippen LogP contribution in [0, 0.1) is 11.8 Å². The third-order valence-corrected chi connectivity index (χ3v) is 7.82. The molecule has 0 spiro atoms. The average Bonchev–Trinajstić information content (AvgIpc) is 2.96. The van der Waals surface area contributed by atoms with Gasteiger partial charge in [-0.3, -0.25) is 9.69 Å². The quantitative estimate of drug-likeness (QED) is 0.593. The number of anilines is 1. The Kier molecular flexibility index (Phi) is 3.64. The van der Waals surface area contributed by atoms with Crippen LogP contribution in [0.3, 0.4) is 0 Å². The lowest BCUT2D eigenvalue weighted by Crippen LogP contribution is -2.72. The van der Waals surface area contributed by atoms with E-state index < -0.39 is 0 Å². The highest BCUT2D eigenvalue weighted by Gasteiger charge is 2.68. The van der Waals surface area contributed by atoms with Crippen LogP contribution in [-0.4, -0.2) is 57.3 Å². The second kappa shape index (κ2) is 5.74. The summed E-state index contributed by atoms with van der Waals surface area (Å²) >= 11 is 0. The van der Waals surface area contributed by atoms with Gasteiger partial charge in [0, 0.05) is 36.8 Å². The number of hydrogen-bond acceptors (Lipinski definition) is 5. The first-order chi connectivity index (χ1) is 13.1. The van der Waals surface area contributed by atoms with E-state index >= 15 is 0 Å². The monoisotopic (exact) mass is 368 g/mol. The molecule has 0 amide bonds. The summed E-state index contributed by atoms with van der Waals surface area (Å²) in [5.41, 5.74) is 3.74. The van der Waals surface area contributed by atoms with Crippen molar-refractivity contribution in [2.24, 2.45) is 11.8 Å². The van der Waals surface area contributed by atoms with Gasteiger partial charge in [-0.15, -0.1) is 0 Å². The molecule has 144 valence electrons. The Morgan fingerprint density at radius 3 is 2.85 bits per heavy atom. The summed E-state index contributed by atoms with van der Waals surface area (Å²) in [5.74, 6) is 0.989. The van der Waals surface area contributed by atoms with Crippen molar-refractivity contribution in [2.75, 3.05) is 39.3 Å². The molecule has 0 aromatic heterocycles. The summed E-state index contributed by atoms with van der Waals surface area (Å²) in [6.07, 6.45) is 4.28. The van der Waals surface area contributed by atoms with Gasteiger partial charge < -0.3 is 14.4 Å². The number of esters is 1. The van der Waals surface area contributed by atoms with E-state index in [2.05, 4.69) is 42.0 Å². The average molecular weight is 368 g/mol. The highest BCUT2D eigenvalue weighted by Crippen LogP contribution is 2.63. The van der Waals surface area contributed by atoms with Crippen LogP contribution < -0.4 is 9.64 Å². The van der Waals surface area contributed by atoms with E-state index in [-0.39, 0.29) is 23.2 Å². The van der Waals surface area contributed by atoms with Crippen LogP contribution in [0.1, 0.15) is 25.3 Å². The van der Waals surface area contributed by atoms with E-state index in [0.29, 0.717) is 12.1 Å². The number of likely N-dealkylation sites (N-methyl/N-ethyl adjacent to an activating group) is 1. The number of fused-ring (bicyclic) bond motifs is 2. The minimum absolute atomic E-state index is 0.0461. The number of methoxy groups -OCH3 is 2. The van der Waals surface area contributed by atoms with E-state index in [4.69, 9.17) is 9.47 Å². The van der Waals surface area contributed by atoms with Gasteiger partial charge in [-0.25, -0.2) is 0 Å². The third-order valence-electron chi connectivity index (χ3n) is 7.82. The fourth-order valence-corrected chi connectivity index (χ4v) is 6.82. The molecule has 5 nitrogen and oxygen atoms in total. The Balaban J connectivity index is 1.76. The number of benzene rings is 1. The molecular formula is C22H28N2O3. The van der Waals surface area contributed by atoms with Gasteiger partial charge in [0.15, 0.2) is 0 Å². The molecule has 1 saturated carbocycles. The number of hydrogen-bond donors (Lipinski definition) is 0. The maximum absolute atomic E-state index is 13.2. The van der Waals surface area contributed by atoms with Crippen LogP contribution in [0.15, 0.2) is 29.8 Å². The van der Waals surface area contributed by atoms with Crippen molar-refractivity contribution in [1.82, 2.24) is 4.90 Å². The van der Waals surface area contributed by atoms with E-state index in [0.717, 1.165) is 31.7 Å². The van der Waals surface area contributed by atoms with Gasteiger partial charge in [0.05, 0.1) is 26.2 Å². The summed E-state index contributed by atoms with van der Waals surface area (Å²) in [7, 11) is 5.44. The predicted molar refractivity (Wildman–Crippen MR) is 104 cm³/mol. The Morgan fingerprint density at radius 1 is 1.33 bits per heavy atom. The molecule has 2 saturated heterocycles. The Bertz CT molecular complexity index is 835. The molecule has 3 fully saturated rings. The Hall–Kier alpha value is -2.01. The van der Waals surface area contributed by atoms with Gasteiger partial charge in [-0.05, 0) is 43.9 Å². The second-order valence-corrected chi connectivity index (χ2v) is 8.47. The molecule has 1 aliphatic carbocycles. The minimum atomic E-state index is -0.178. The number of carbonyl (C=O) groups excluding carboxylic acids is 1. The van der Waals surface area contributed by atoms with Gasteiger partial charge in [-0.1, -0.05) is 17.7 Å². The highest BCUT2D eigenvalue weighted by molar-refractivity contribution is 5.80. The molecule has 1 aromatic rings. The van der Waals surface area contributed by atoms with Gasteiger partial charge in [0.25, 0.3) is 0 Å². The lowest BCUT2D eigenvalue weighted by atomic mass is 9.50. The van der Waals surface area contributed by atoms with Crippen LogP contribution in [0.2, 0.25) is 0 Å². The third kappa shape index (κ3) is 1.96. The molecule has 27 heavy (non-hydrogen) atoms. The largest absolute Gasteiger partial charge is 0.497 e. The first-order valence-electron chi connectivity index (χ1n) is 9.95. The summed E-state index contributed by atoms with van der Waals surface area (Å²) in [5, 5.41) is 0. The van der Waals surface area contributed by atoms with Crippen LogP contribution in [-0.2, 0) is 14.9 Å². The normalized spacial score (nSPS) is 37.9. The summed E-state index contributed by atoms with van der Waals surface area (Å²) < 4.78 is 10.9. The predicted octanol–water partition coefficient (Wildman–Crippen LogP) is 2.59. The van der Waals surface area contributed by atoms with E-state index in [9.17, 15) is 4.79 Å². The summed E-state index contributed by atoms with van der Waals surface area (Å²) in [6.45, 7) is 4.14. The number of allylic oxidation sites excluding steroid dienone is 1. The molecule has 5 heteroatoms. The lowest BCUT2D eigenvalue weighted by Gasteiger charge is -2.63. The topological polar surface area (TPSA) is 42.0 Å². The molecule has 3 aliphatic heterocycles. The first kappa shape index (κ1) is 17.1. The molecule has 3 heterocycles. The standard InChI is InChI=1S/C22H28N2O3/c1-5-13-12-24-9-8-22-16-7-6-14(26-3)10-17(16)23(2)20(22)18(24)11-15(13)19(22)21(25)27-4/h5-7,10,15,18-20H,8-9,11-12H2,1-4H3/b13-5+/t15-,18+,19+,20+,22+/m1/s1. The molecule has 3 bridgehead atoms. The SMILES string of the molecule is C/C=C1\CN2CC[C@@]34c5ccc(OC)cc5N(C)[C@H]3[C@@H]2C[C@H]1[C@H]4C(=O)OC. The van der Waals surface area contributed by atoms with Gasteiger partial charge >= 0.3 is 5.97 Å². The van der Waals surface area contributed by atoms with Crippen molar-refractivity contribution < 1.29 is 14.3 Å². The zero-order valence-corrected chi connectivity index (χ0v) is 16.6. The van der Waals surface area contributed by atoms with E-state index in [1.807, 2.05) is 6.07 Å². The van der Waals surface area contributed by atoms with Gasteiger partial charge in [0.2, 0.25) is 0 Å². The van der Waals surface area contributed by atoms with E-state index in [1.165, 1.54) is 16.8 Å². The fourth-order valence-electron chi connectivity index (χ4n) is 6.82. The molecule has 4 aliphatic rings. The van der Waals surface area contributed by atoms with Gasteiger partial charge in [-0.2, -0.15) is 0 Å². The zero-order chi connectivity index (χ0) is 18.9. The van der Waals surface area contributed by atoms with Crippen molar-refractivity contribution in [2.45, 2.75) is 37.3 Å². The zero-order valence-electron chi connectivity index (χ0n) is 16.6. The van der Waals surface area contributed by atoms with Crippen LogP contribution >= 0.6 is 0 Å². The number of ether oxygens (including phenoxy) is 2. The fraction of sp³-hybridized carbons (Fsp3) is 0.591. The maximum Gasteiger partial charge on any atom is 0.310 e. The minimum Gasteiger partial charge on any atom is -0.497 e. The molecular weight excluding hydrogens is 340 g/mol. The van der Waals surface area contributed by atoms with Crippen molar-refractivity contribution in [3.63, 3.8) is 0 Å². The molecule has 1 aromatic carbocycles. The van der Waals surface area contributed by atoms with Gasteiger partial charge in [0.1, 0.15) is 5.75 Å². The molecule has 0 N–H and O–H groups in total. The van der Waals surface area contributed by atoms with Crippen molar-refractivity contribution >= 4 is 11.7 Å². The van der Waals surface area contributed by atoms with Crippen LogP contribution in [0.5, 0.6) is 5.75 Å². The molecule has 0 unspecified atom stereocenters. The number of carbonyl (C=O) groups is 1. The van der Waals surface area contributed by atoms with Crippen LogP contribution in [0.4, 0.5) is 5.69 Å². The molecule has 0 radical (unpaired) electrons. The molecule has 5 rings (SSSR count). The van der Waals surface area contributed by atoms with E-state index in [1.54, 1.807) is 14.2 Å². The highest BCUT2D eigenvalue weighted by atomic mass is 16.5. The first-order valence-corrected chi connectivity index (χ1v) is 9.95. The maximum atomic E-state index is 13.2.